The van der Waals surface area contributed by atoms with E-state index in [1.807, 2.05) is 13.8 Å². The highest BCUT2D eigenvalue weighted by Crippen LogP contribution is 2.10. The molecule has 6 nitrogen and oxygen atoms in total. The Bertz CT molecular complexity index is 243. The molecule has 0 aliphatic rings. The molecule has 0 heterocycles. The summed E-state index contributed by atoms with van der Waals surface area (Å²) < 4.78 is 0. The third-order valence-electron chi connectivity index (χ3n) is 2.17. The third-order valence-corrected chi connectivity index (χ3v) is 2.17. The van der Waals surface area contributed by atoms with Crippen LogP contribution in [0.1, 0.15) is 20.3 Å². The fourth-order valence-electron chi connectivity index (χ4n) is 1.31. The van der Waals surface area contributed by atoms with Gasteiger partial charge in [0, 0.05) is 6.54 Å². The van der Waals surface area contributed by atoms with E-state index < -0.39 is 12.1 Å². The summed E-state index contributed by atoms with van der Waals surface area (Å²) in [6.07, 6.45) is -0.924. The van der Waals surface area contributed by atoms with Crippen molar-refractivity contribution in [3.05, 3.63) is 0 Å². The molecular weight excluding hydrogens is 212 g/mol. The second kappa shape index (κ2) is 7.19. The maximum Gasteiger partial charge on any atom is 0.334 e. The Labute approximate surface area is 94.8 Å². The van der Waals surface area contributed by atoms with Gasteiger partial charge < -0.3 is 21.3 Å². The van der Waals surface area contributed by atoms with E-state index in [1.54, 1.807) is 0 Å². The van der Waals surface area contributed by atoms with E-state index in [9.17, 15) is 9.59 Å². The number of rotatable bonds is 7. The number of nitrogens with one attached hydrogen (secondary N) is 1. The summed E-state index contributed by atoms with van der Waals surface area (Å²) in [7, 11) is 0. The molecule has 0 fully saturated rings. The lowest BCUT2D eigenvalue weighted by Crippen LogP contribution is -2.41. The second-order valence-corrected chi connectivity index (χ2v) is 4.16. The SMILES string of the molecule is CC(C)CC(CN)C(=O)NC[C@H](O)C(=O)O. The monoisotopic (exact) mass is 232 g/mol. The third kappa shape index (κ3) is 5.67. The number of carboxylic acid groups (broad SMARTS) is 1. The van der Waals surface area contributed by atoms with E-state index in [0.29, 0.717) is 12.3 Å². The highest BCUT2D eigenvalue weighted by molar-refractivity contribution is 5.80. The molecule has 0 aromatic carbocycles. The fraction of sp³-hybridized carbons (Fsp3) is 0.800. The van der Waals surface area contributed by atoms with Gasteiger partial charge in [-0.15, -0.1) is 0 Å². The largest absolute Gasteiger partial charge is 0.479 e. The molecule has 0 saturated heterocycles. The number of hydrogen-bond donors (Lipinski definition) is 4. The van der Waals surface area contributed by atoms with Crippen LogP contribution in [0.4, 0.5) is 0 Å². The zero-order chi connectivity index (χ0) is 12.7. The quantitative estimate of drug-likeness (QED) is 0.457. The van der Waals surface area contributed by atoms with Gasteiger partial charge in [-0.2, -0.15) is 0 Å². The summed E-state index contributed by atoms with van der Waals surface area (Å²) >= 11 is 0. The number of nitrogens with two attached hydrogens (primary N) is 1. The normalized spacial score (nSPS) is 14.6. The number of hydrogen-bond acceptors (Lipinski definition) is 4. The van der Waals surface area contributed by atoms with Gasteiger partial charge in [0.2, 0.25) is 5.91 Å². The van der Waals surface area contributed by atoms with Crippen molar-refractivity contribution in [2.24, 2.45) is 17.6 Å². The number of carboxylic acids is 1. The van der Waals surface area contributed by atoms with Crippen LogP contribution in [0.5, 0.6) is 0 Å². The Kier molecular flexibility index (Phi) is 6.67. The zero-order valence-corrected chi connectivity index (χ0v) is 9.64. The van der Waals surface area contributed by atoms with Gasteiger partial charge in [-0.3, -0.25) is 4.79 Å². The first kappa shape index (κ1) is 14.9. The van der Waals surface area contributed by atoms with Crippen molar-refractivity contribution in [2.75, 3.05) is 13.1 Å². The van der Waals surface area contributed by atoms with Crippen LogP contribution < -0.4 is 11.1 Å². The molecule has 0 aromatic heterocycles. The van der Waals surface area contributed by atoms with Crippen molar-refractivity contribution in [2.45, 2.75) is 26.4 Å². The smallest absolute Gasteiger partial charge is 0.334 e. The van der Waals surface area contributed by atoms with Crippen LogP contribution in [0.2, 0.25) is 0 Å². The molecule has 6 heteroatoms. The fourth-order valence-corrected chi connectivity index (χ4v) is 1.31. The summed E-state index contributed by atoms with van der Waals surface area (Å²) in [5, 5.41) is 19.7. The van der Waals surface area contributed by atoms with Crippen LogP contribution in [0, 0.1) is 11.8 Å². The molecule has 0 aliphatic heterocycles. The van der Waals surface area contributed by atoms with Gasteiger partial charge in [-0.1, -0.05) is 13.8 Å². The first-order valence-electron chi connectivity index (χ1n) is 5.27. The van der Waals surface area contributed by atoms with Crippen LogP contribution in [-0.4, -0.2) is 41.3 Å². The summed E-state index contributed by atoms with van der Waals surface area (Å²) in [6, 6.07) is 0. The molecule has 1 unspecified atom stereocenters. The molecule has 0 radical (unpaired) electrons. The number of carbonyl (C=O) groups excluding carboxylic acids is 1. The molecule has 16 heavy (non-hydrogen) atoms. The molecule has 0 rings (SSSR count). The highest BCUT2D eigenvalue weighted by atomic mass is 16.4. The average Bonchev–Trinajstić information content (AvgIpc) is 2.21. The van der Waals surface area contributed by atoms with E-state index in [4.69, 9.17) is 15.9 Å². The minimum Gasteiger partial charge on any atom is -0.479 e. The predicted octanol–water partition coefficient (Wildman–Crippen LogP) is -0.831. The number of aliphatic hydroxyl groups is 1. The molecule has 1 amide bonds. The maximum atomic E-state index is 11.5. The van der Waals surface area contributed by atoms with Crippen molar-refractivity contribution >= 4 is 11.9 Å². The van der Waals surface area contributed by atoms with Crippen molar-refractivity contribution < 1.29 is 19.8 Å². The first-order valence-corrected chi connectivity index (χ1v) is 5.27. The Morgan fingerprint density at radius 1 is 1.38 bits per heavy atom. The first-order chi connectivity index (χ1) is 7.38. The Balaban J connectivity index is 4.07. The molecule has 2 atom stereocenters. The van der Waals surface area contributed by atoms with E-state index in [-0.39, 0.29) is 24.9 Å². The van der Waals surface area contributed by atoms with Crippen molar-refractivity contribution in [1.82, 2.24) is 5.32 Å². The van der Waals surface area contributed by atoms with Gasteiger partial charge in [-0.05, 0) is 12.3 Å². The minimum absolute atomic E-state index is 0.215. The molecule has 0 saturated carbocycles. The molecule has 0 aliphatic carbocycles. The van der Waals surface area contributed by atoms with Gasteiger partial charge in [-0.25, -0.2) is 4.79 Å². The van der Waals surface area contributed by atoms with E-state index in [0.717, 1.165) is 0 Å². The summed E-state index contributed by atoms with van der Waals surface area (Å²) in [4.78, 5) is 21.8. The van der Waals surface area contributed by atoms with Crippen LogP contribution in [0.3, 0.4) is 0 Å². The molecular formula is C10H20N2O4. The molecule has 5 N–H and O–H groups in total. The van der Waals surface area contributed by atoms with Crippen LogP contribution in [0.15, 0.2) is 0 Å². The topological polar surface area (TPSA) is 113 Å². The average molecular weight is 232 g/mol. The lowest BCUT2D eigenvalue weighted by molar-refractivity contribution is -0.146. The van der Waals surface area contributed by atoms with Crippen LogP contribution in [-0.2, 0) is 9.59 Å². The highest BCUT2D eigenvalue weighted by Gasteiger charge is 2.20. The van der Waals surface area contributed by atoms with E-state index in [2.05, 4.69) is 5.32 Å². The Hall–Kier alpha value is -1.14. The lowest BCUT2D eigenvalue weighted by Gasteiger charge is -2.17. The predicted molar refractivity (Wildman–Crippen MR) is 58.7 cm³/mol. The van der Waals surface area contributed by atoms with Crippen molar-refractivity contribution in [3.63, 3.8) is 0 Å². The summed E-state index contributed by atoms with van der Waals surface area (Å²) in [6.45, 7) is 3.88. The Morgan fingerprint density at radius 2 is 1.94 bits per heavy atom. The Morgan fingerprint density at radius 3 is 2.31 bits per heavy atom. The van der Waals surface area contributed by atoms with Gasteiger partial charge in [0.25, 0.3) is 0 Å². The van der Waals surface area contributed by atoms with Gasteiger partial charge in [0.1, 0.15) is 0 Å². The van der Waals surface area contributed by atoms with Gasteiger partial charge >= 0.3 is 5.97 Å². The number of aliphatic hydroxyl groups excluding tert-OH is 1. The molecule has 0 aromatic rings. The van der Waals surface area contributed by atoms with Crippen LogP contribution >= 0.6 is 0 Å². The lowest BCUT2D eigenvalue weighted by atomic mass is 9.96. The van der Waals surface area contributed by atoms with E-state index in [1.165, 1.54) is 0 Å². The number of carbonyl (C=O) groups is 2. The van der Waals surface area contributed by atoms with Crippen molar-refractivity contribution in [3.8, 4) is 0 Å². The number of aliphatic carboxylic acids is 1. The van der Waals surface area contributed by atoms with Crippen molar-refractivity contribution in [1.29, 1.82) is 0 Å². The molecule has 0 spiro atoms. The van der Waals surface area contributed by atoms with Gasteiger partial charge in [0.05, 0.1) is 12.5 Å². The minimum atomic E-state index is -1.57. The second-order valence-electron chi connectivity index (χ2n) is 4.16. The summed E-state index contributed by atoms with van der Waals surface area (Å²) in [5.74, 6) is -1.66. The van der Waals surface area contributed by atoms with Crippen LogP contribution in [0.25, 0.3) is 0 Å². The van der Waals surface area contributed by atoms with E-state index >= 15 is 0 Å². The number of amides is 1. The molecule has 94 valence electrons. The maximum absolute atomic E-state index is 11.5. The summed E-state index contributed by atoms with van der Waals surface area (Å²) in [5.41, 5.74) is 5.45. The molecule has 0 bridgehead atoms. The van der Waals surface area contributed by atoms with Gasteiger partial charge in [0.15, 0.2) is 6.10 Å². The zero-order valence-electron chi connectivity index (χ0n) is 9.64. The standard InChI is InChI=1S/C10H20N2O4/c1-6(2)3-7(4-11)9(14)12-5-8(13)10(15)16/h6-8,13H,3-5,11H2,1-2H3,(H,12,14)(H,15,16)/t7?,8-/m0/s1.